The van der Waals surface area contributed by atoms with E-state index in [1.165, 1.54) is 0 Å². The Hall–Kier alpha value is -2.26. The first kappa shape index (κ1) is 19.1. The molecule has 0 radical (unpaired) electrons. The Kier molecular flexibility index (Phi) is 7.08. The first-order chi connectivity index (χ1) is 12.0. The average Bonchev–Trinajstić information content (AvgIpc) is 2.64. The molecule has 1 amide bonds. The maximum atomic E-state index is 12.4. The molecule has 1 atom stereocenters. The lowest BCUT2D eigenvalue weighted by Gasteiger charge is -2.33. The molecule has 1 aromatic rings. The summed E-state index contributed by atoms with van der Waals surface area (Å²) in [6.07, 6.45) is 1.32. The predicted octanol–water partition coefficient (Wildman–Crippen LogP) is 2.07. The van der Waals surface area contributed by atoms with Gasteiger partial charge in [-0.3, -0.25) is 4.79 Å². The molecule has 2 rings (SSSR count). The van der Waals surface area contributed by atoms with Crippen LogP contribution in [0.3, 0.4) is 0 Å². The number of nitriles is 1. The number of rotatable bonds is 7. The number of piperidine rings is 1. The average molecular weight is 344 g/mol. The molecule has 0 aromatic heterocycles. The summed E-state index contributed by atoms with van der Waals surface area (Å²) in [5.74, 6) is -0.176. The molecule has 1 aromatic carbocycles. The highest BCUT2D eigenvalue weighted by Gasteiger charge is 2.20. The molecule has 1 aliphatic heterocycles. The topological polar surface area (TPSA) is 79.6 Å². The molecule has 0 spiro atoms. The highest BCUT2D eigenvalue weighted by molar-refractivity contribution is 5.83. The monoisotopic (exact) mass is 344 g/mol. The molecule has 0 bridgehead atoms. The summed E-state index contributed by atoms with van der Waals surface area (Å²) >= 11 is 0. The van der Waals surface area contributed by atoms with Gasteiger partial charge in [-0.1, -0.05) is 12.1 Å². The van der Waals surface area contributed by atoms with Gasteiger partial charge in [0.15, 0.2) is 0 Å². The van der Waals surface area contributed by atoms with Crippen LogP contribution in [0.2, 0.25) is 0 Å². The Labute approximate surface area is 150 Å². The van der Waals surface area contributed by atoms with Crippen molar-refractivity contribution in [2.45, 2.75) is 32.8 Å². The molecule has 0 saturated carbocycles. The number of nitrogens with one attached hydrogen (secondary N) is 1. The van der Waals surface area contributed by atoms with E-state index in [0.29, 0.717) is 13.1 Å². The van der Waals surface area contributed by atoms with Gasteiger partial charge in [0.25, 0.3) is 0 Å². The Morgan fingerprint density at radius 1 is 1.44 bits per heavy atom. The number of aliphatic hydroxyl groups is 1. The molecule has 1 aliphatic rings. The van der Waals surface area contributed by atoms with Gasteiger partial charge in [-0.2, -0.15) is 5.26 Å². The number of likely N-dealkylation sites (N-methyl/N-ethyl adjacent to an activating group) is 1. The zero-order valence-electron chi connectivity index (χ0n) is 15.1. The minimum Gasteiger partial charge on any atom is -0.393 e. The quantitative estimate of drug-likeness (QED) is 0.791. The molecule has 0 aliphatic carbocycles. The van der Waals surface area contributed by atoms with Gasteiger partial charge in [0, 0.05) is 26.2 Å². The second-order valence-corrected chi connectivity index (χ2v) is 6.55. The minimum absolute atomic E-state index is 0.00605. The minimum atomic E-state index is -0.210. The maximum Gasteiger partial charge on any atom is 0.241 e. The van der Waals surface area contributed by atoms with Crippen LogP contribution in [0.4, 0.5) is 11.4 Å². The van der Waals surface area contributed by atoms with Crippen LogP contribution in [-0.4, -0.2) is 54.7 Å². The van der Waals surface area contributed by atoms with Gasteiger partial charge < -0.3 is 20.2 Å². The number of benzene rings is 1. The van der Waals surface area contributed by atoms with E-state index in [-0.39, 0.29) is 24.5 Å². The number of carbonyl (C=O) groups excluding carboxylic acids is 1. The predicted molar refractivity (Wildman–Crippen MR) is 99.4 cm³/mol. The van der Waals surface area contributed by atoms with E-state index in [0.717, 1.165) is 37.3 Å². The van der Waals surface area contributed by atoms with Crippen molar-refractivity contribution >= 4 is 17.3 Å². The molecule has 25 heavy (non-hydrogen) atoms. The number of hydrogen-bond donors (Lipinski definition) is 2. The van der Waals surface area contributed by atoms with Crippen molar-refractivity contribution < 1.29 is 9.90 Å². The SMILES string of the molecule is CCN(CC(C)C#N)C(=O)CNc1ccccc1N1CCC(O)CC1. The van der Waals surface area contributed by atoms with Crippen LogP contribution in [-0.2, 0) is 4.79 Å². The van der Waals surface area contributed by atoms with Crippen LogP contribution in [0.5, 0.6) is 0 Å². The number of hydrogen-bond acceptors (Lipinski definition) is 5. The van der Waals surface area contributed by atoms with Crippen molar-refractivity contribution in [3.8, 4) is 6.07 Å². The zero-order valence-corrected chi connectivity index (χ0v) is 15.1. The molecular formula is C19H28N4O2. The third kappa shape index (κ3) is 5.36. The maximum absolute atomic E-state index is 12.4. The van der Waals surface area contributed by atoms with Crippen molar-refractivity contribution in [1.29, 1.82) is 5.26 Å². The summed E-state index contributed by atoms with van der Waals surface area (Å²) in [5, 5.41) is 21.9. The molecular weight excluding hydrogens is 316 g/mol. The number of nitrogens with zero attached hydrogens (tertiary/aromatic N) is 3. The van der Waals surface area contributed by atoms with Gasteiger partial charge in [0.1, 0.15) is 0 Å². The molecule has 1 saturated heterocycles. The van der Waals surface area contributed by atoms with Crippen LogP contribution in [0.25, 0.3) is 0 Å². The van der Waals surface area contributed by atoms with Crippen molar-refractivity contribution in [2.24, 2.45) is 5.92 Å². The fourth-order valence-corrected chi connectivity index (χ4v) is 3.07. The first-order valence-electron chi connectivity index (χ1n) is 8.98. The highest BCUT2D eigenvalue weighted by atomic mass is 16.3. The first-order valence-corrected chi connectivity index (χ1v) is 8.98. The summed E-state index contributed by atoms with van der Waals surface area (Å²) in [4.78, 5) is 16.4. The molecule has 6 heteroatoms. The van der Waals surface area contributed by atoms with Gasteiger partial charge in [0.2, 0.25) is 5.91 Å². The Morgan fingerprint density at radius 2 is 2.12 bits per heavy atom. The van der Waals surface area contributed by atoms with Crippen LogP contribution in [0.1, 0.15) is 26.7 Å². The molecule has 6 nitrogen and oxygen atoms in total. The third-order valence-corrected chi connectivity index (χ3v) is 4.59. The Morgan fingerprint density at radius 3 is 2.76 bits per heavy atom. The van der Waals surface area contributed by atoms with Crippen LogP contribution < -0.4 is 10.2 Å². The standard InChI is InChI=1S/C19H28N4O2/c1-3-22(14-15(2)12-20)19(25)13-21-17-6-4-5-7-18(17)23-10-8-16(24)9-11-23/h4-7,15-16,21,24H,3,8-11,13-14H2,1-2H3. The number of para-hydroxylation sites is 2. The summed E-state index contributed by atoms with van der Waals surface area (Å²) in [5.41, 5.74) is 1.99. The van der Waals surface area contributed by atoms with Gasteiger partial charge >= 0.3 is 0 Å². The highest BCUT2D eigenvalue weighted by Crippen LogP contribution is 2.28. The van der Waals surface area contributed by atoms with Crippen molar-refractivity contribution in [2.75, 3.05) is 42.9 Å². The molecule has 2 N–H and O–H groups in total. The molecule has 1 unspecified atom stereocenters. The fourth-order valence-electron chi connectivity index (χ4n) is 3.07. The van der Waals surface area contributed by atoms with Gasteiger partial charge in [0.05, 0.1) is 36.0 Å². The van der Waals surface area contributed by atoms with Crippen LogP contribution in [0.15, 0.2) is 24.3 Å². The van der Waals surface area contributed by atoms with Crippen molar-refractivity contribution in [3.05, 3.63) is 24.3 Å². The smallest absolute Gasteiger partial charge is 0.241 e. The number of carbonyl (C=O) groups is 1. The van der Waals surface area contributed by atoms with E-state index < -0.39 is 0 Å². The Bertz CT molecular complexity index is 606. The molecule has 136 valence electrons. The fraction of sp³-hybridized carbons (Fsp3) is 0.579. The second-order valence-electron chi connectivity index (χ2n) is 6.55. The van der Waals surface area contributed by atoms with Crippen molar-refractivity contribution in [3.63, 3.8) is 0 Å². The number of amides is 1. The second kappa shape index (κ2) is 9.28. The lowest BCUT2D eigenvalue weighted by Crippen LogP contribution is -2.39. The van der Waals surface area contributed by atoms with Crippen molar-refractivity contribution in [1.82, 2.24) is 4.90 Å². The summed E-state index contributed by atoms with van der Waals surface area (Å²) < 4.78 is 0. The van der Waals surface area contributed by atoms with E-state index in [1.54, 1.807) is 4.90 Å². The normalized spacial score (nSPS) is 16.2. The molecule has 1 fully saturated rings. The van der Waals surface area contributed by atoms with E-state index in [2.05, 4.69) is 16.3 Å². The van der Waals surface area contributed by atoms with E-state index in [9.17, 15) is 9.90 Å². The largest absolute Gasteiger partial charge is 0.393 e. The van der Waals surface area contributed by atoms with Gasteiger partial charge in [-0.05, 0) is 38.8 Å². The van der Waals surface area contributed by atoms with Gasteiger partial charge in [-0.15, -0.1) is 0 Å². The number of aliphatic hydroxyl groups excluding tert-OH is 1. The van der Waals surface area contributed by atoms with E-state index in [4.69, 9.17) is 5.26 Å². The molecule has 1 heterocycles. The lowest BCUT2D eigenvalue weighted by molar-refractivity contribution is -0.129. The van der Waals surface area contributed by atoms with Gasteiger partial charge in [-0.25, -0.2) is 0 Å². The Balaban J connectivity index is 1.98. The number of anilines is 2. The summed E-state index contributed by atoms with van der Waals surface area (Å²) in [7, 11) is 0. The summed E-state index contributed by atoms with van der Waals surface area (Å²) in [6, 6.07) is 10.1. The zero-order chi connectivity index (χ0) is 18.2. The third-order valence-electron chi connectivity index (χ3n) is 4.59. The summed E-state index contributed by atoms with van der Waals surface area (Å²) in [6.45, 7) is 6.64. The van der Waals surface area contributed by atoms with Crippen LogP contribution >= 0.6 is 0 Å². The lowest BCUT2D eigenvalue weighted by atomic mass is 10.1. The van der Waals surface area contributed by atoms with Crippen LogP contribution in [0, 0.1) is 17.2 Å². The van der Waals surface area contributed by atoms with E-state index in [1.807, 2.05) is 38.1 Å². The van der Waals surface area contributed by atoms with E-state index >= 15 is 0 Å².